The molecule has 0 spiro atoms. The molecule has 0 aromatic carbocycles. The number of carbonyl (C=O) groups excluding carboxylic acids is 1. The molecule has 0 aromatic rings. The number of amides is 1. The minimum Gasteiger partial charge on any atom is -0.381 e. The highest BCUT2D eigenvalue weighted by molar-refractivity contribution is 14.0. The van der Waals surface area contributed by atoms with Gasteiger partial charge in [0.25, 0.3) is 0 Å². The standard InChI is InChI=1S/C19H36N4O3.HI/c1-23(2)18(24)14-21-19(22-17-6-3-4-7-17)20-10-5-11-26-15-16-8-12-25-13-9-16;/h16-17H,3-15H2,1-2H3,(H2,20,21,22);1H. The molecule has 1 saturated carbocycles. The molecule has 2 aliphatic rings. The fourth-order valence-electron chi connectivity index (χ4n) is 3.25. The van der Waals surface area contributed by atoms with Crippen molar-refractivity contribution in [1.82, 2.24) is 15.5 Å². The molecule has 1 aliphatic carbocycles. The van der Waals surface area contributed by atoms with E-state index in [0.717, 1.165) is 58.2 Å². The first-order valence-corrected chi connectivity index (χ1v) is 10.1. The lowest BCUT2D eigenvalue weighted by Gasteiger charge is -2.22. The quantitative estimate of drug-likeness (QED) is 0.221. The lowest BCUT2D eigenvalue weighted by atomic mass is 10.0. The number of carbonyl (C=O) groups is 1. The van der Waals surface area contributed by atoms with Crippen LogP contribution in [0.15, 0.2) is 4.99 Å². The lowest BCUT2D eigenvalue weighted by Crippen LogP contribution is -2.43. The van der Waals surface area contributed by atoms with Crippen LogP contribution in [-0.4, -0.2) is 76.4 Å². The monoisotopic (exact) mass is 496 g/mol. The Kier molecular flexibility index (Phi) is 13.0. The van der Waals surface area contributed by atoms with Crippen molar-refractivity contribution in [2.24, 2.45) is 10.9 Å². The third-order valence-corrected chi connectivity index (χ3v) is 5.02. The molecule has 0 aromatic heterocycles. The summed E-state index contributed by atoms with van der Waals surface area (Å²) in [6, 6.07) is 0.473. The molecule has 1 amide bonds. The van der Waals surface area contributed by atoms with Crippen molar-refractivity contribution < 1.29 is 14.3 Å². The second-order valence-electron chi connectivity index (χ2n) is 7.49. The van der Waals surface area contributed by atoms with Crippen LogP contribution in [0.1, 0.15) is 44.9 Å². The largest absolute Gasteiger partial charge is 0.381 e. The number of guanidine groups is 1. The van der Waals surface area contributed by atoms with Crippen LogP contribution in [0.2, 0.25) is 0 Å². The molecule has 158 valence electrons. The van der Waals surface area contributed by atoms with Crippen molar-refractivity contribution in [3.8, 4) is 0 Å². The number of likely N-dealkylation sites (N-methyl/N-ethyl adjacent to an activating group) is 1. The van der Waals surface area contributed by atoms with E-state index in [1.807, 2.05) is 0 Å². The average molecular weight is 496 g/mol. The molecule has 1 saturated heterocycles. The number of rotatable bonds is 9. The van der Waals surface area contributed by atoms with Gasteiger partial charge in [-0.3, -0.25) is 4.79 Å². The van der Waals surface area contributed by atoms with E-state index in [9.17, 15) is 4.79 Å². The number of hydrogen-bond donors (Lipinski definition) is 2. The molecular formula is C19H37IN4O3. The van der Waals surface area contributed by atoms with E-state index in [1.54, 1.807) is 19.0 Å². The Morgan fingerprint density at radius 3 is 2.56 bits per heavy atom. The van der Waals surface area contributed by atoms with Crippen LogP contribution in [0.25, 0.3) is 0 Å². The van der Waals surface area contributed by atoms with Crippen molar-refractivity contribution in [3.05, 3.63) is 0 Å². The van der Waals surface area contributed by atoms with Crippen LogP contribution in [0.4, 0.5) is 0 Å². The van der Waals surface area contributed by atoms with Crippen LogP contribution >= 0.6 is 24.0 Å². The Labute approximate surface area is 181 Å². The summed E-state index contributed by atoms with van der Waals surface area (Å²) < 4.78 is 11.2. The molecule has 8 heteroatoms. The topological polar surface area (TPSA) is 75.2 Å². The smallest absolute Gasteiger partial charge is 0.243 e. The molecule has 1 aliphatic heterocycles. The zero-order valence-corrected chi connectivity index (χ0v) is 19.2. The molecule has 1 heterocycles. The fourth-order valence-corrected chi connectivity index (χ4v) is 3.25. The first-order valence-electron chi connectivity index (χ1n) is 10.1. The molecule has 0 unspecified atom stereocenters. The predicted octanol–water partition coefficient (Wildman–Crippen LogP) is 2.00. The van der Waals surface area contributed by atoms with Gasteiger partial charge in [-0.25, -0.2) is 4.99 Å². The van der Waals surface area contributed by atoms with Crippen LogP contribution in [0.3, 0.4) is 0 Å². The molecular weight excluding hydrogens is 459 g/mol. The number of halogens is 1. The summed E-state index contributed by atoms with van der Waals surface area (Å²) in [5.41, 5.74) is 0. The van der Waals surface area contributed by atoms with Gasteiger partial charge in [-0.15, -0.1) is 24.0 Å². The minimum absolute atomic E-state index is 0. The van der Waals surface area contributed by atoms with E-state index in [1.165, 1.54) is 25.7 Å². The summed E-state index contributed by atoms with van der Waals surface area (Å²) in [6.07, 6.45) is 8.03. The molecule has 2 rings (SSSR count). The van der Waals surface area contributed by atoms with Crippen LogP contribution in [0.5, 0.6) is 0 Å². The van der Waals surface area contributed by atoms with E-state index in [4.69, 9.17) is 9.47 Å². The van der Waals surface area contributed by atoms with Gasteiger partial charge in [-0.2, -0.15) is 0 Å². The summed E-state index contributed by atoms with van der Waals surface area (Å²) in [7, 11) is 3.51. The van der Waals surface area contributed by atoms with Gasteiger partial charge in [0.05, 0.1) is 0 Å². The first kappa shape index (κ1) is 24.4. The van der Waals surface area contributed by atoms with Crippen molar-refractivity contribution in [3.63, 3.8) is 0 Å². The van der Waals surface area contributed by atoms with E-state index >= 15 is 0 Å². The SMILES string of the molecule is CN(C)C(=O)CN=C(NCCCOCC1CCOCC1)NC1CCCC1.I. The molecule has 0 bridgehead atoms. The van der Waals surface area contributed by atoms with E-state index in [-0.39, 0.29) is 36.4 Å². The Morgan fingerprint density at radius 2 is 1.89 bits per heavy atom. The zero-order valence-electron chi connectivity index (χ0n) is 16.9. The second kappa shape index (κ2) is 14.4. The zero-order chi connectivity index (χ0) is 18.6. The van der Waals surface area contributed by atoms with Gasteiger partial charge in [0, 0.05) is 53.1 Å². The van der Waals surface area contributed by atoms with E-state index in [2.05, 4.69) is 15.6 Å². The lowest BCUT2D eigenvalue weighted by molar-refractivity contribution is -0.127. The molecule has 2 fully saturated rings. The van der Waals surface area contributed by atoms with E-state index in [0.29, 0.717) is 12.0 Å². The van der Waals surface area contributed by atoms with Gasteiger partial charge < -0.3 is 25.0 Å². The highest BCUT2D eigenvalue weighted by Crippen LogP contribution is 2.17. The number of hydrogen-bond acceptors (Lipinski definition) is 4. The van der Waals surface area contributed by atoms with E-state index < -0.39 is 0 Å². The Hall–Kier alpha value is -0.610. The van der Waals surface area contributed by atoms with Gasteiger partial charge in [0.15, 0.2) is 5.96 Å². The van der Waals surface area contributed by atoms with Crippen LogP contribution < -0.4 is 10.6 Å². The Balaban J connectivity index is 0.00000364. The van der Waals surface area contributed by atoms with Gasteiger partial charge in [0.2, 0.25) is 5.91 Å². The highest BCUT2D eigenvalue weighted by Gasteiger charge is 2.16. The first-order chi connectivity index (χ1) is 12.6. The normalized spacial score (nSPS) is 18.8. The third kappa shape index (κ3) is 10.5. The van der Waals surface area contributed by atoms with Crippen molar-refractivity contribution in [2.45, 2.75) is 51.0 Å². The summed E-state index contributed by atoms with van der Waals surface area (Å²) in [4.78, 5) is 17.8. The molecule has 27 heavy (non-hydrogen) atoms. The summed E-state index contributed by atoms with van der Waals surface area (Å²) >= 11 is 0. The molecule has 0 radical (unpaired) electrons. The maximum atomic E-state index is 11.8. The average Bonchev–Trinajstić information content (AvgIpc) is 3.15. The summed E-state index contributed by atoms with van der Waals surface area (Å²) in [5, 5.41) is 6.81. The fraction of sp³-hybridized carbons (Fsp3) is 0.895. The Morgan fingerprint density at radius 1 is 1.19 bits per heavy atom. The number of aliphatic imine (C=N–C) groups is 1. The summed E-state index contributed by atoms with van der Waals surface area (Å²) in [6.45, 7) is 4.29. The van der Waals surface area contributed by atoms with Gasteiger partial charge in [-0.05, 0) is 38.0 Å². The molecule has 7 nitrogen and oxygen atoms in total. The maximum absolute atomic E-state index is 11.8. The van der Waals surface area contributed by atoms with Crippen LogP contribution in [-0.2, 0) is 14.3 Å². The van der Waals surface area contributed by atoms with Crippen LogP contribution in [0, 0.1) is 5.92 Å². The number of nitrogens with zero attached hydrogens (tertiary/aromatic N) is 2. The van der Waals surface area contributed by atoms with Crippen molar-refractivity contribution in [2.75, 3.05) is 53.6 Å². The predicted molar refractivity (Wildman–Crippen MR) is 119 cm³/mol. The third-order valence-electron chi connectivity index (χ3n) is 5.02. The summed E-state index contributed by atoms with van der Waals surface area (Å²) in [5.74, 6) is 1.41. The van der Waals surface area contributed by atoms with Gasteiger partial charge >= 0.3 is 0 Å². The van der Waals surface area contributed by atoms with Crippen molar-refractivity contribution >= 4 is 35.8 Å². The van der Waals surface area contributed by atoms with Gasteiger partial charge in [-0.1, -0.05) is 12.8 Å². The molecule has 2 N–H and O–H groups in total. The second-order valence-corrected chi connectivity index (χ2v) is 7.49. The van der Waals surface area contributed by atoms with Crippen molar-refractivity contribution in [1.29, 1.82) is 0 Å². The molecule has 0 atom stereocenters. The van der Waals surface area contributed by atoms with Gasteiger partial charge in [0.1, 0.15) is 6.54 Å². The highest BCUT2D eigenvalue weighted by atomic mass is 127. The minimum atomic E-state index is 0. The maximum Gasteiger partial charge on any atom is 0.243 e. The number of nitrogens with one attached hydrogen (secondary N) is 2. The Bertz CT molecular complexity index is 437. The number of ether oxygens (including phenoxy) is 2.